The number of fused-ring (bicyclic) bond motifs is 1. The highest BCUT2D eigenvalue weighted by Gasteiger charge is 1.98. The molecule has 13 heavy (non-hydrogen) atoms. The van der Waals surface area contributed by atoms with Crippen molar-refractivity contribution in [3.63, 3.8) is 0 Å². The van der Waals surface area contributed by atoms with Crippen LogP contribution in [0.1, 0.15) is 5.56 Å². The number of aliphatic hydroxyl groups is 1. The van der Waals surface area contributed by atoms with Crippen LogP contribution < -0.4 is 0 Å². The lowest BCUT2D eigenvalue weighted by Gasteiger charge is -2.00. The van der Waals surface area contributed by atoms with E-state index in [9.17, 15) is 0 Å². The summed E-state index contributed by atoms with van der Waals surface area (Å²) in [6.45, 7) is 0.0500. The summed E-state index contributed by atoms with van der Waals surface area (Å²) in [7, 11) is 0. The summed E-state index contributed by atoms with van der Waals surface area (Å²) in [6.07, 6.45) is 1.74. The van der Waals surface area contributed by atoms with Crippen molar-refractivity contribution in [2.24, 2.45) is 0 Å². The van der Waals surface area contributed by atoms with Crippen molar-refractivity contribution < 1.29 is 5.11 Å². The fraction of sp³-hybridized carbons (Fsp3) is 0.100. The minimum Gasteiger partial charge on any atom is -0.392 e. The van der Waals surface area contributed by atoms with Crippen LogP contribution in [0.2, 0.25) is 0 Å². The third-order valence-corrected chi connectivity index (χ3v) is 1.89. The van der Waals surface area contributed by atoms with Crippen molar-refractivity contribution in [2.45, 2.75) is 6.61 Å². The zero-order chi connectivity index (χ0) is 8.39. The lowest BCUT2D eigenvalue weighted by atomic mass is 10.1. The summed E-state index contributed by atoms with van der Waals surface area (Å²) in [5.41, 5.74) is 1.77. The average molecular weight is 189 g/mol. The fourth-order valence-electron chi connectivity index (χ4n) is 1.29. The summed E-state index contributed by atoms with van der Waals surface area (Å²) in [5.74, 6) is 0. The van der Waals surface area contributed by atoms with E-state index in [4.69, 9.17) is 5.11 Å². The molecule has 3 heteroatoms. The summed E-state index contributed by atoms with van der Waals surface area (Å²) in [6, 6.07) is 9.68. The molecule has 0 radical (unpaired) electrons. The van der Waals surface area contributed by atoms with Crippen LogP contribution in [0.5, 0.6) is 0 Å². The quantitative estimate of drug-likeness (QED) is 0.664. The number of aromatic nitrogens is 1. The van der Waals surface area contributed by atoms with Crippen LogP contribution in [-0.2, 0) is 6.61 Å². The first kappa shape index (κ1) is 10.2. The van der Waals surface area contributed by atoms with Gasteiger partial charge in [-0.05, 0) is 6.07 Å². The minimum atomic E-state index is 0. The highest BCUT2D eigenvalue weighted by atomic mass is 27.0. The second-order valence-electron chi connectivity index (χ2n) is 2.65. The van der Waals surface area contributed by atoms with E-state index in [1.54, 1.807) is 6.20 Å². The molecule has 0 unspecified atom stereocenters. The van der Waals surface area contributed by atoms with Crippen molar-refractivity contribution in [1.29, 1.82) is 0 Å². The van der Waals surface area contributed by atoms with Crippen molar-refractivity contribution >= 4 is 28.3 Å². The molecule has 0 amide bonds. The molecule has 0 aliphatic rings. The second-order valence-corrected chi connectivity index (χ2v) is 2.65. The maximum Gasteiger partial charge on any atom is 0.187 e. The van der Waals surface area contributed by atoms with Gasteiger partial charge < -0.3 is 5.11 Å². The number of benzene rings is 1. The lowest BCUT2D eigenvalue weighted by Crippen LogP contribution is -1.87. The molecule has 0 aliphatic carbocycles. The van der Waals surface area contributed by atoms with Gasteiger partial charge in [-0.1, -0.05) is 24.3 Å². The van der Waals surface area contributed by atoms with E-state index in [-0.39, 0.29) is 24.0 Å². The Labute approximate surface area is 87.4 Å². The summed E-state index contributed by atoms with van der Waals surface area (Å²) < 4.78 is 0. The number of rotatable bonds is 1. The molecular weight excluding hydrogens is 177 g/mol. The molecule has 1 aromatic heterocycles. The van der Waals surface area contributed by atoms with E-state index < -0.39 is 0 Å². The highest BCUT2D eigenvalue weighted by molar-refractivity contribution is 5.81. The van der Waals surface area contributed by atoms with E-state index in [0.29, 0.717) is 0 Å². The third-order valence-electron chi connectivity index (χ3n) is 1.89. The standard InChI is InChI=1S/C10H9NO.Al.3H/c12-7-9-4-1-3-8-5-2-6-11-10(8)9;;;;/h1-6,12H,7H2;;;;. The number of para-hydroxylation sites is 1. The van der Waals surface area contributed by atoms with Crippen molar-refractivity contribution in [3.05, 3.63) is 42.1 Å². The molecule has 0 saturated carbocycles. The third kappa shape index (κ3) is 1.89. The molecule has 2 nitrogen and oxygen atoms in total. The van der Waals surface area contributed by atoms with Crippen molar-refractivity contribution in [1.82, 2.24) is 4.98 Å². The Morgan fingerprint density at radius 2 is 1.92 bits per heavy atom. The molecule has 1 heterocycles. The van der Waals surface area contributed by atoms with Gasteiger partial charge in [0.2, 0.25) is 0 Å². The molecular formula is C10H12AlNO. The molecule has 1 aromatic carbocycles. The first-order valence-electron chi connectivity index (χ1n) is 3.85. The molecule has 0 saturated heterocycles. The Morgan fingerprint density at radius 1 is 1.15 bits per heavy atom. The number of hydrogen-bond donors (Lipinski definition) is 1. The largest absolute Gasteiger partial charge is 0.392 e. The first-order chi connectivity index (χ1) is 5.92. The van der Waals surface area contributed by atoms with Crippen LogP contribution in [0.3, 0.4) is 0 Å². The molecule has 0 spiro atoms. The van der Waals surface area contributed by atoms with Gasteiger partial charge in [-0.2, -0.15) is 0 Å². The van der Waals surface area contributed by atoms with Gasteiger partial charge in [0.05, 0.1) is 12.1 Å². The monoisotopic (exact) mass is 189 g/mol. The van der Waals surface area contributed by atoms with Crippen molar-refractivity contribution in [3.8, 4) is 0 Å². The number of hydrogen-bond acceptors (Lipinski definition) is 2. The maximum atomic E-state index is 9.00. The Balaban J connectivity index is 0.000000845. The SMILES string of the molecule is OCc1cccc2cccnc12.[AlH3]. The number of aliphatic hydroxyl groups excluding tert-OH is 1. The van der Waals surface area contributed by atoms with Gasteiger partial charge in [0.15, 0.2) is 17.4 Å². The lowest BCUT2D eigenvalue weighted by molar-refractivity contribution is 0.283. The normalized spacial score (nSPS) is 9.62. The highest BCUT2D eigenvalue weighted by Crippen LogP contribution is 2.15. The van der Waals surface area contributed by atoms with Crippen LogP contribution in [0.4, 0.5) is 0 Å². The van der Waals surface area contributed by atoms with Crippen LogP contribution in [0, 0.1) is 0 Å². The maximum absolute atomic E-state index is 9.00. The first-order valence-corrected chi connectivity index (χ1v) is 3.85. The smallest absolute Gasteiger partial charge is 0.187 e. The summed E-state index contributed by atoms with van der Waals surface area (Å²) in [4.78, 5) is 4.19. The van der Waals surface area contributed by atoms with Gasteiger partial charge in [0.25, 0.3) is 0 Å². The zero-order valence-corrected chi connectivity index (χ0v) is 6.57. The molecule has 0 atom stereocenters. The number of nitrogens with zero attached hydrogens (tertiary/aromatic N) is 1. The molecule has 2 rings (SSSR count). The van der Waals surface area contributed by atoms with Crippen LogP contribution in [0.25, 0.3) is 10.9 Å². The van der Waals surface area contributed by atoms with Gasteiger partial charge >= 0.3 is 0 Å². The van der Waals surface area contributed by atoms with Gasteiger partial charge in [0, 0.05) is 17.1 Å². The second kappa shape index (κ2) is 4.38. The molecule has 0 fully saturated rings. The zero-order valence-electron chi connectivity index (χ0n) is 6.57. The molecule has 0 bridgehead atoms. The Morgan fingerprint density at radius 3 is 2.69 bits per heavy atom. The van der Waals surface area contributed by atoms with Crippen LogP contribution >= 0.6 is 0 Å². The van der Waals surface area contributed by atoms with Gasteiger partial charge in [-0.15, -0.1) is 0 Å². The molecule has 66 valence electrons. The predicted molar refractivity (Wildman–Crippen MR) is 57.6 cm³/mol. The van der Waals surface area contributed by atoms with E-state index >= 15 is 0 Å². The van der Waals surface area contributed by atoms with Crippen molar-refractivity contribution in [2.75, 3.05) is 0 Å². The molecule has 1 N–H and O–H groups in total. The Kier molecular flexibility index (Phi) is 3.44. The fourth-order valence-corrected chi connectivity index (χ4v) is 1.29. The van der Waals surface area contributed by atoms with E-state index in [1.165, 1.54) is 0 Å². The van der Waals surface area contributed by atoms with Crippen LogP contribution in [0.15, 0.2) is 36.5 Å². The van der Waals surface area contributed by atoms with E-state index in [0.717, 1.165) is 16.5 Å². The average Bonchev–Trinajstić information content (AvgIpc) is 2.17. The number of pyridine rings is 1. The predicted octanol–water partition coefficient (Wildman–Crippen LogP) is 0.543. The van der Waals surface area contributed by atoms with Gasteiger partial charge in [-0.25, -0.2) is 0 Å². The molecule has 2 aromatic rings. The van der Waals surface area contributed by atoms with Gasteiger partial charge in [-0.3, -0.25) is 4.98 Å². The Hall–Kier alpha value is -0.878. The molecule has 0 aliphatic heterocycles. The van der Waals surface area contributed by atoms with Gasteiger partial charge in [0.1, 0.15) is 0 Å². The summed E-state index contributed by atoms with van der Waals surface area (Å²) >= 11 is 0. The van der Waals surface area contributed by atoms with E-state index in [1.807, 2.05) is 30.3 Å². The topological polar surface area (TPSA) is 33.1 Å². The Bertz CT molecular complexity index is 398. The summed E-state index contributed by atoms with van der Waals surface area (Å²) in [5, 5.41) is 10.1. The minimum absolute atomic E-state index is 0. The van der Waals surface area contributed by atoms with Crippen LogP contribution in [-0.4, -0.2) is 27.5 Å². The van der Waals surface area contributed by atoms with E-state index in [2.05, 4.69) is 4.98 Å².